The largest absolute Gasteiger partial charge is 0.488 e. The number of non-ortho nitro benzene ring substituents is 1. The van der Waals surface area contributed by atoms with Crippen molar-refractivity contribution in [3.8, 4) is 5.75 Å². The number of carbonyl (C=O) groups is 1. The van der Waals surface area contributed by atoms with E-state index in [4.69, 9.17) is 17.0 Å². The lowest BCUT2D eigenvalue weighted by Crippen LogP contribution is -2.31. The highest BCUT2D eigenvalue weighted by molar-refractivity contribution is 9.10. The Balaban J connectivity index is 1.80. The molecule has 0 N–H and O–H groups in total. The summed E-state index contributed by atoms with van der Waals surface area (Å²) in [4.78, 5) is 25.3. The first-order valence-corrected chi connectivity index (χ1v) is 11.2. The van der Waals surface area contributed by atoms with Crippen LogP contribution in [0.2, 0.25) is 0 Å². The van der Waals surface area contributed by atoms with Gasteiger partial charge in [0, 0.05) is 28.7 Å². The molecule has 0 radical (unpaired) electrons. The van der Waals surface area contributed by atoms with Gasteiger partial charge in [-0.05, 0) is 47.9 Å². The van der Waals surface area contributed by atoms with Gasteiger partial charge in [-0.15, -0.1) is 0 Å². The molecule has 1 saturated heterocycles. The van der Waals surface area contributed by atoms with Crippen molar-refractivity contribution in [2.24, 2.45) is 5.92 Å². The van der Waals surface area contributed by atoms with Gasteiger partial charge in [-0.2, -0.15) is 0 Å². The second-order valence-corrected chi connectivity index (χ2v) is 9.67. The monoisotopic (exact) mass is 506 g/mol. The van der Waals surface area contributed by atoms with Crippen LogP contribution in [0.15, 0.2) is 51.8 Å². The molecule has 3 rings (SSSR count). The number of ether oxygens (including phenoxy) is 1. The number of carbonyl (C=O) groups excluding carboxylic acids is 1. The smallest absolute Gasteiger partial charge is 0.269 e. The Morgan fingerprint density at radius 1 is 1.27 bits per heavy atom. The van der Waals surface area contributed by atoms with Gasteiger partial charge in [0.05, 0.1) is 9.83 Å². The van der Waals surface area contributed by atoms with E-state index in [2.05, 4.69) is 15.9 Å². The Labute approximate surface area is 192 Å². The number of nitrogens with zero attached hydrogens (tertiary/aromatic N) is 2. The SMILES string of the molecule is CC(C)CN1C(=O)/C(=C/c2cc(Br)ccc2OCc2ccc([N+](=O)[O-])cc2)SC1=S. The van der Waals surface area contributed by atoms with Crippen LogP contribution in [0.4, 0.5) is 5.69 Å². The van der Waals surface area contributed by atoms with Crippen molar-refractivity contribution < 1.29 is 14.5 Å². The first kappa shape index (κ1) is 22.5. The van der Waals surface area contributed by atoms with Crippen molar-refractivity contribution in [3.63, 3.8) is 0 Å². The number of halogens is 1. The average molecular weight is 507 g/mol. The van der Waals surface area contributed by atoms with E-state index >= 15 is 0 Å². The third kappa shape index (κ3) is 5.47. The molecule has 1 fully saturated rings. The summed E-state index contributed by atoms with van der Waals surface area (Å²) in [5.41, 5.74) is 1.58. The van der Waals surface area contributed by atoms with E-state index in [1.165, 1.54) is 23.9 Å². The Morgan fingerprint density at radius 2 is 1.97 bits per heavy atom. The Kier molecular flexibility index (Phi) is 7.27. The highest BCUT2D eigenvalue weighted by atomic mass is 79.9. The molecule has 0 aliphatic carbocycles. The molecule has 2 aromatic rings. The number of hydrogen-bond acceptors (Lipinski definition) is 6. The maximum atomic E-state index is 12.8. The fourth-order valence-electron chi connectivity index (χ4n) is 2.80. The van der Waals surface area contributed by atoms with Crippen molar-refractivity contribution in [3.05, 3.63) is 73.1 Å². The van der Waals surface area contributed by atoms with Crippen molar-refractivity contribution in [1.29, 1.82) is 0 Å². The molecule has 0 spiro atoms. The molecule has 6 nitrogen and oxygen atoms in total. The van der Waals surface area contributed by atoms with E-state index in [1.54, 1.807) is 23.1 Å². The predicted octanol–water partition coefficient (Wildman–Crippen LogP) is 5.79. The quantitative estimate of drug-likeness (QED) is 0.204. The van der Waals surface area contributed by atoms with E-state index in [0.29, 0.717) is 27.4 Å². The Morgan fingerprint density at radius 3 is 2.60 bits per heavy atom. The Bertz CT molecular complexity index is 1020. The minimum Gasteiger partial charge on any atom is -0.488 e. The number of nitro groups is 1. The van der Waals surface area contributed by atoms with Gasteiger partial charge in [0.2, 0.25) is 0 Å². The fourth-order valence-corrected chi connectivity index (χ4v) is 4.45. The standard InChI is InChI=1S/C21H19BrN2O4S2/c1-13(2)11-23-20(25)19(30-21(23)29)10-15-9-16(22)5-8-18(15)28-12-14-3-6-17(7-4-14)24(26)27/h3-10,13H,11-12H2,1-2H3/b19-10-. The molecular weight excluding hydrogens is 488 g/mol. The average Bonchev–Trinajstić information content (AvgIpc) is 2.94. The highest BCUT2D eigenvalue weighted by Gasteiger charge is 2.32. The molecule has 0 aromatic heterocycles. The van der Waals surface area contributed by atoms with Crippen LogP contribution in [0.5, 0.6) is 5.75 Å². The molecule has 30 heavy (non-hydrogen) atoms. The van der Waals surface area contributed by atoms with Gasteiger partial charge in [-0.25, -0.2) is 0 Å². The number of hydrogen-bond donors (Lipinski definition) is 0. The van der Waals surface area contributed by atoms with Crippen LogP contribution in [0.3, 0.4) is 0 Å². The minimum atomic E-state index is -0.438. The van der Waals surface area contributed by atoms with Crippen LogP contribution in [-0.2, 0) is 11.4 Å². The summed E-state index contributed by atoms with van der Waals surface area (Å²) in [5.74, 6) is 0.823. The zero-order chi connectivity index (χ0) is 21.8. The van der Waals surface area contributed by atoms with Gasteiger partial charge in [-0.1, -0.05) is 53.8 Å². The number of thiocarbonyl (C=S) groups is 1. The van der Waals surface area contributed by atoms with Crippen LogP contribution in [0.25, 0.3) is 6.08 Å². The normalized spacial score (nSPS) is 15.3. The fraction of sp³-hybridized carbons (Fsp3) is 0.238. The minimum absolute atomic E-state index is 0.0338. The molecule has 1 amide bonds. The number of nitro benzene ring substituents is 1. The van der Waals surface area contributed by atoms with E-state index < -0.39 is 4.92 Å². The van der Waals surface area contributed by atoms with Crippen molar-refractivity contribution in [2.75, 3.05) is 6.54 Å². The first-order chi connectivity index (χ1) is 14.2. The maximum Gasteiger partial charge on any atom is 0.269 e. The zero-order valence-corrected chi connectivity index (χ0v) is 19.6. The number of rotatable bonds is 7. The molecule has 1 aliphatic heterocycles. The molecule has 156 valence electrons. The van der Waals surface area contributed by atoms with Gasteiger partial charge in [-0.3, -0.25) is 19.8 Å². The predicted molar refractivity (Wildman–Crippen MR) is 126 cm³/mol. The van der Waals surface area contributed by atoms with E-state index in [-0.39, 0.29) is 18.2 Å². The second-order valence-electron chi connectivity index (χ2n) is 7.08. The third-order valence-corrected chi connectivity index (χ3v) is 6.09. The lowest BCUT2D eigenvalue weighted by atomic mass is 10.1. The maximum absolute atomic E-state index is 12.8. The number of amides is 1. The van der Waals surface area contributed by atoms with E-state index in [9.17, 15) is 14.9 Å². The molecule has 9 heteroatoms. The molecular formula is C21H19BrN2O4S2. The summed E-state index contributed by atoms with van der Waals surface area (Å²) in [6.07, 6.45) is 1.79. The first-order valence-electron chi connectivity index (χ1n) is 9.15. The summed E-state index contributed by atoms with van der Waals surface area (Å²) in [7, 11) is 0. The van der Waals surface area contributed by atoms with Crippen LogP contribution < -0.4 is 4.74 Å². The van der Waals surface area contributed by atoms with Crippen molar-refractivity contribution >= 4 is 61.9 Å². The number of thioether (sulfide) groups is 1. The van der Waals surface area contributed by atoms with Crippen molar-refractivity contribution in [2.45, 2.75) is 20.5 Å². The second kappa shape index (κ2) is 9.72. The lowest BCUT2D eigenvalue weighted by Gasteiger charge is -2.16. The van der Waals surface area contributed by atoms with Gasteiger partial charge < -0.3 is 4.74 Å². The van der Waals surface area contributed by atoms with Crippen LogP contribution in [0.1, 0.15) is 25.0 Å². The molecule has 0 saturated carbocycles. The van der Waals surface area contributed by atoms with Crippen LogP contribution in [0, 0.1) is 16.0 Å². The summed E-state index contributed by atoms with van der Waals surface area (Å²) in [5, 5.41) is 10.8. The van der Waals surface area contributed by atoms with Crippen LogP contribution in [-0.4, -0.2) is 26.6 Å². The highest BCUT2D eigenvalue weighted by Crippen LogP contribution is 2.35. The van der Waals surface area contributed by atoms with Crippen molar-refractivity contribution in [1.82, 2.24) is 4.90 Å². The molecule has 2 aromatic carbocycles. The van der Waals surface area contributed by atoms with Gasteiger partial charge in [0.1, 0.15) is 16.7 Å². The van der Waals surface area contributed by atoms with Gasteiger partial charge in [0.15, 0.2) is 0 Å². The Hall–Kier alpha value is -2.23. The molecule has 0 bridgehead atoms. The molecule has 1 aliphatic rings. The van der Waals surface area contributed by atoms with Gasteiger partial charge >= 0.3 is 0 Å². The molecule has 0 unspecified atom stereocenters. The van der Waals surface area contributed by atoms with Gasteiger partial charge in [0.25, 0.3) is 11.6 Å². The lowest BCUT2D eigenvalue weighted by molar-refractivity contribution is -0.384. The zero-order valence-electron chi connectivity index (χ0n) is 16.3. The number of benzene rings is 2. The molecule has 0 atom stereocenters. The third-order valence-electron chi connectivity index (χ3n) is 4.22. The van der Waals surface area contributed by atoms with E-state index in [1.807, 2.05) is 32.0 Å². The topological polar surface area (TPSA) is 72.7 Å². The summed E-state index contributed by atoms with van der Waals surface area (Å²) in [6.45, 7) is 4.92. The molecule has 1 heterocycles. The van der Waals surface area contributed by atoms with Crippen LogP contribution >= 0.6 is 39.9 Å². The summed E-state index contributed by atoms with van der Waals surface area (Å²) < 4.78 is 7.35. The van der Waals surface area contributed by atoms with E-state index in [0.717, 1.165) is 15.6 Å². The summed E-state index contributed by atoms with van der Waals surface area (Å²) in [6, 6.07) is 11.8. The summed E-state index contributed by atoms with van der Waals surface area (Å²) >= 11 is 10.1.